The molecule has 0 radical (unpaired) electrons. The second kappa shape index (κ2) is 10.9. The average molecular weight is 274 g/mol. The first-order chi connectivity index (χ1) is 8.64. The molecule has 1 unspecified atom stereocenters. The van der Waals surface area contributed by atoms with Crippen LogP contribution in [-0.4, -0.2) is 41.5 Å². The number of carbonyl (C=O) groups excluding carboxylic acids is 1. The van der Waals surface area contributed by atoms with E-state index in [2.05, 4.69) is 27.7 Å². The van der Waals surface area contributed by atoms with E-state index in [1.54, 1.807) is 11.8 Å². The summed E-state index contributed by atoms with van der Waals surface area (Å²) in [5, 5.41) is 0.374. The fourth-order valence-corrected chi connectivity index (χ4v) is 3.46. The number of rotatable bonds is 11. The number of hydrogen-bond donors (Lipinski definition) is 0. The second-order valence-corrected chi connectivity index (χ2v) is 6.30. The lowest BCUT2D eigenvalue weighted by Gasteiger charge is -2.37. The van der Waals surface area contributed by atoms with Gasteiger partial charge in [0.25, 0.3) is 0 Å². The highest BCUT2D eigenvalue weighted by Gasteiger charge is 2.23. The Morgan fingerprint density at radius 2 is 1.67 bits per heavy atom. The molecule has 0 aromatic carbocycles. The summed E-state index contributed by atoms with van der Waals surface area (Å²) in [5.74, 6) is 0.996. The van der Waals surface area contributed by atoms with Crippen LogP contribution in [0.2, 0.25) is 0 Å². The lowest BCUT2D eigenvalue weighted by Crippen LogP contribution is -2.50. The Balaban J connectivity index is 4.17. The van der Waals surface area contributed by atoms with Crippen molar-refractivity contribution in [2.45, 2.75) is 59.8 Å². The lowest BCUT2D eigenvalue weighted by atomic mass is 10.2. The third kappa shape index (κ3) is 7.42. The highest BCUT2D eigenvalue weighted by molar-refractivity contribution is 8.13. The van der Waals surface area contributed by atoms with Crippen LogP contribution in [0.1, 0.15) is 59.8 Å². The lowest BCUT2D eigenvalue weighted by molar-refractivity contribution is -0.924. The molecule has 0 aliphatic rings. The highest BCUT2D eigenvalue weighted by Crippen LogP contribution is 2.15. The van der Waals surface area contributed by atoms with E-state index < -0.39 is 0 Å². The van der Waals surface area contributed by atoms with E-state index in [1.807, 2.05) is 0 Å². The maximum absolute atomic E-state index is 11.5. The molecule has 0 rings (SSSR count). The number of carbonyl (C=O) groups is 1. The molecule has 0 aliphatic carbocycles. The van der Waals surface area contributed by atoms with Crippen LogP contribution in [0.25, 0.3) is 0 Å². The number of quaternary nitrogens is 1. The van der Waals surface area contributed by atoms with E-state index >= 15 is 0 Å². The van der Waals surface area contributed by atoms with Crippen molar-refractivity contribution >= 4 is 16.9 Å². The standard InChI is InChI=1S/C15H32NOS/c1-5-9-12-16(8-4,11-7-3)13-14-18-15(17)10-6-2/h5-14H2,1-4H3/q+1. The molecule has 0 aromatic rings. The van der Waals surface area contributed by atoms with Crippen molar-refractivity contribution in [1.82, 2.24) is 0 Å². The topological polar surface area (TPSA) is 17.1 Å². The van der Waals surface area contributed by atoms with Crippen LogP contribution >= 0.6 is 11.8 Å². The predicted molar refractivity (Wildman–Crippen MR) is 83.0 cm³/mol. The molecular formula is C15H32NOS+. The molecule has 1 atom stereocenters. The Morgan fingerprint density at radius 1 is 0.944 bits per heavy atom. The molecule has 0 saturated carbocycles. The Labute approximate surface area is 118 Å². The SMILES string of the molecule is CCCC[N+](CC)(CCC)CCSC(=O)CCC. The Morgan fingerprint density at radius 3 is 2.17 bits per heavy atom. The summed E-state index contributed by atoms with van der Waals surface area (Å²) in [6.07, 6.45) is 5.53. The number of hydrogen-bond acceptors (Lipinski definition) is 2. The zero-order chi connectivity index (χ0) is 13.9. The van der Waals surface area contributed by atoms with Gasteiger partial charge in [0.15, 0.2) is 5.12 Å². The molecule has 0 aromatic heterocycles. The first kappa shape index (κ1) is 18.0. The molecule has 0 saturated heterocycles. The van der Waals surface area contributed by atoms with Crippen molar-refractivity contribution in [1.29, 1.82) is 0 Å². The summed E-state index contributed by atoms with van der Waals surface area (Å²) in [4.78, 5) is 11.5. The molecule has 108 valence electrons. The van der Waals surface area contributed by atoms with E-state index in [9.17, 15) is 4.79 Å². The molecule has 0 bridgehead atoms. The van der Waals surface area contributed by atoms with Crippen molar-refractivity contribution < 1.29 is 9.28 Å². The van der Waals surface area contributed by atoms with Crippen molar-refractivity contribution in [2.24, 2.45) is 0 Å². The monoisotopic (exact) mass is 274 g/mol. The molecule has 0 N–H and O–H groups in total. The van der Waals surface area contributed by atoms with Gasteiger partial charge in [-0.05, 0) is 26.2 Å². The summed E-state index contributed by atoms with van der Waals surface area (Å²) in [6.45, 7) is 13.8. The van der Waals surface area contributed by atoms with Crippen molar-refractivity contribution in [3.8, 4) is 0 Å². The quantitative estimate of drug-likeness (QED) is 0.528. The summed E-state index contributed by atoms with van der Waals surface area (Å²) in [7, 11) is 0. The van der Waals surface area contributed by atoms with Gasteiger partial charge in [-0.2, -0.15) is 0 Å². The molecule has 0 spiro atoms. The van der Waals surface area contributed by atoms with Crippen LogP contribution in [0.3, 0.4) is 0 Å². The summed E-state index contributed by atoms with van der Waals surface area (Å²) >= 11 is 1.55. The smallest absolute Gasteiger partial charge is 0.189 e. The van der Waals surface area contributed by atoms with E-state index in [0.717, 1.165) is 25.1 Å². The van der Waals surface area contributed by atoms with Crippen LogP contribution in [0.5, 0.6) is 0 Å². The van der Waals surface area contributed by atoms with Gasteiger partial charge in [-0.3, -0.25) is 4.79 Å². The molecular weight excluding hydrogens is 242 g/mol. The molecule has 0 fully saturated rings. The van der Waals surface area contributed by atoms with Gasteiger partial charge in [0.2, 0.25) is 0 Å². The zero-order valence-electron chi connectivity index (χ0n) is 12.8. The largest absolute Gasteiger partial charge is 0.323 e. The zero-order valence-corrected chi connectivity index (χ0v) is 13.7. The maximum atomic E-state index is 11.5. The second-order valence-electron chi connectivity index (χ2n) is 5.15. The van der Waals surface area contributed by atoms with Crippen molar-refractivity contribution in [3.63, 3.8) is 0 Å². The first-order valence-electron chi connectivity index (χ1n) is 7.64. The van der Waals surface area contributed by atoms with Gasteiger partial charge in [-0.25, -0.2) is 0 Å². The van der Waals surface area contributed by atoms with Crippen molar-refractivity contribution in [2.75, 3.05) is 31.9 Å². The fraction of sp³-hybridized carbons (Fsp3) is 0.933. The fourth-order valence-electron chi connectivity index (χ4n) is 2.41. The van der Waals surface area contributed by atoms with Gasteiger partial charge in [0.05, 0.1) is 31.9 Å². The number of unbranched alkanes of at least 4 members (excludes halogenated alkanes) is 1. The van der Waals surface area contributed by atoms with Gasteiger partial charge >= 0.3 is 0 Å². The molecule has 0 amide bonds. The predicted octanol–water partition coefficient (Wildman–Crippen LogP) is 4.09. The summed E-state index contributed by atoms with van der Waals surface area (Å²) in [6, 6.07) is 0. The molecule has 2 nitrogen and oxygen atoms in total. The molecule has 3 heteroatoms. The minimum atomic E-state index is 0.374. The van der Waals surface area contributed by atoms with E-state index in [1.165, 1.54) is 43.4 Å². The molecule has 0 heterocycles. The Kier molecular flexibility index (Phi) is 10.8. The van der Waals surface area contributed by atoms with Crippen LogP contribution in [0.15, 0.2) is 0 Å². The van der Waals surface area contributed by atoms with Crippen LogP contribution in [0.4, 0.5) is 0 Å². The minimum absolute atomic E-state index is 0.374. The summed E-state index contributed by atoms with van der Waals surface area (Å²) < 4.78 is 1.21. The normalized spacial score (nSPS) is 14.4. The third-order valence-corrected chi connectivity index (χ3v) is 4.55. The van der Waals surface area contributed by atoms with Crippen molar-refractivity contribution in [3.05, 3.63) is 0 Å². The van der Waals surface area contributed by atoms with Gasteiger partial charge in [0.1, 0.15) is 0 Å². The number of nitrogens with zero attached hydrogens (tertiary/aromatic N) is 1. The first-order valence-corrected chi connectivity index (χ1v) is 8.63. The Hall–Kier alpha value is -0.0200. The van der Waals surface area contributed by atoms with E-state index in [4.69, 9.17) is 0 Å². The highest BCUT2D eigenvalue weighted by atomic mass is 32.2. The summed E-state index contributed by atoms with van der Waals surface area (Å²) in [5.41, 5.74) is 0. The number of thioether (sulfide) groups is 1. The van der Waals surface area contributed by atoms with Crippen LogP contribution < -0.4 is 0 Å². The molecule has 0 aliphatic heterocycles. The molecule has 18 heavy (non-hydrogen) atoms. The Bertz CT molecular complexity index is 221. The van der Waals surface area contributed by atoms with E-state index in [-0.39, 0.29) is 0 Å². The van der Waals surface area contributed by atoms with Crippen LogP contribution in [-0.2, 0) is 4.79 Å². The van der Waals surface area contributed by atoms with Gasteiger partial charge < -0.3 is 4.48 Å². The third-order valence-electron chi connectivity index (χ3n) is 3.64. The van der Waals surface area contributed by atoms with Gasteiger partial charge in [-0.15, -0.1) is 0 Å². The van der Waals surface area contributed by atoms with E-state index in [0.29, 0.717) is 5.12 Å². The minimum Gasteiger partial charge on any atom is -0.323 e. The maximum Gasteiger partial charge on any atom is 0.189 e. The van der Waals surface area contributed by atoms with Gasteiger partial charge in [-0.1, -0.05) is 39.0 Å². The average Bonchev–Trinajstić information content (AvgIpc) is 2.36. The van der Waals surface area contributed by atoms with Gasteiger partial charge in [0, 0.05) is 6.42 Å². The van der Waals surface area contributed by atoms with Crippen LogP contribution in [0, 0.1) is 0 Å².